The molecule has 22 heavy (non-hydrogen) atoms. The van der Waals surface area contributed by atoms with E-state index in [4.69, 9.17) is 5.73 Å². The zero-order valence-electron chi connectivity index (χ0n) is 14.9. The van der Waals surface area contributed by atoms with Gasteiger partial charge in [-0.3, -0.25) is 0 Å². The van der Waals surface area contributed by atoms with Crippen molar-refractivity contribution in [2.45, 2.75) is 84.5 Å². The predicted molar refractivity (Wildman–Crippen MR) is 93.5 cm³/mol. The summed E-state index contributed by atoms with van der Waals surface area (Å²) < 4.78 is 0. The molecule has 4 aliphatic rings. The summed E-state index contributed by atoms with van der Waals surface area (Å²) in [6.07, 6.45) is 16.4. The molecule has 0 radical (unpaired) electrons. The third kappa shape index (κ3) is 1.93. The Kier molecular flexibility index (Phi) is 3.87. The van der Waals surface area contributed by atoms with Gasteiger partial charge in [0.15, 0.2) is 0 Å². The van der Waals surface area contributed by atoms with Crippen LogP contribution in [0, 0.1) is 40.4 Å². The maximum absolute atomic E-state index is 6.43. The van der Waals surface area contributed by atoms with Crippen LogP contribution in [0.3, 0.4) is 0 Å². The molecule has 0 aromatic carbocycles. The van der Waals surface area contributed by atoms with Crippen LogP contribution in [0.25, 0.3) is 0 Å². The Morgan fingerprint density at radius 2 is 1.77 bits per heavy atom. The SMILES string of the molecule is CC[C@H]1CC[C@H]2[C@@H]3CCC4CCCC[C@]4(C)[C@H]3CC[C@]12CN. The van der Waals surface area contributed by atoms with Gasteiger partial charge in [0.2, 0.25) is 0 Å². The van der Waals surface area contributed by atoms with Crippen molar-refractivity contribution in [2.75, 3.05) is 6.54 Å². The molecule has 2 N–H and O–H groups in total. The molecule has 4 aliphatic carbocycles. The van der Waals surface area contributed by atoms with Crippen molar-refractivity contribution in [2.24, 2.45) is 46.2 Å². The first kappa shape index (κ1) is 15.5. The van der Waals surface area contributed by atoms with Crippen LogP contribution in [-0.2, 0) is 0 Å². The van der Waals surface area contributed by atoms with E-state index in [1.807, 2.05) is 0 Å². The van der Waals surface area contributed by atoms with Crippen molar-refractivity contribution in [3.05, 3.63) is 0 Å². The maximum Gasteiger partial charge on any atom is -0.00151 e. The summed E-state index contributed by atoms with van der Waals surface area (Å²) >= 11 is 0. The molecule has 0 bridgehead atoms. The molecule has 0 saturated heterocycles. The van der Waals surface area contributed by atoms with Crippen molar-refractivity contribution in [3.8, 4) is 0 Å². The summed E-state index contributed by atoms with van der Waals surface area (Å²) in [5.74, 6) is 5.01. The molecule has 4 saturated carbocycles. The number of fused-ring (bicyclic) bond motifs is 5. The van der Waals surface area contributed by atoms with Crippen LogP contribution in [0.5, 0.6) is 0 Å². The largest absolute Gasteiger partial charge is 0.330 e. The van der Waals surface area contributed by atoms with Gasteiger partial charge >= 0.3 is 0 Å². The molecule has 1 heteroatoms. The van der Waals surface area contributed by atoms with Gasteiger partial charge in [-0.2, -0.15) is 0 Å². The van der Waals surface area contributed by atoms with Crippen molar-refractivity contribution in [1.29, 1.82) is 0 Å². The smallest absolute Gasteiger partial charge is 0.00151 e. The van der Waals surface area contributed by atoms with Gasteiger partial charge in [-0.15, -0.1) is 0 Å². The summed E-state index contributed by atoms with van der Waals surface area (Å²) in [5.41, 5.74) is 7.65. The highest BCUT2D eigenvalue weighted by Crippen LogP contribution is 2.67. The highest BCUT2D eigenvalue weighted by Gasteiger charge is 2.60. The topological polar surface area (TPSA) is 26.0 Å². The van der Waals surface area contributed by atoms with Gasteiger partial charge in [0.1, 0.15) is 0 Å². The number of hydrogen-bond donors (Lipinski definition) is 1. The summed E-state index contributed by atoms with van der Waals surface area (Å²) in [5, 5.41) is 0. The average molecular weight is 304 g/mol. The molecule has 0 aromatic heterocycles. The van der Waals surface area contributed by atoms with E-state index in [0.29, 0.717) is 10.8 Å². The maximum atomic E-state index is 6.43. The Labute approximate surface area is 137 Å². The third-order valence-corrected chi connectivity index (χ3v) is 9.35. The summed E-state index contributed by atoms with van der Waals surface area (Å²) in [4.78, 5) is 0. The first-order chi connectivity index (χ1) is 10.7. The second kappa shape index (κ2) is 5.50. The lowest BCUT2D eigenvalue weighted by Gasteiger charge is -2.61. The van der Waals surface area contributed by atoms with Crippen molar-refractivity contribution in [3.63, 3.8) is 0 Å². The molecule has 4 fully saturated rings. The highest BCUT2D eigenvalue weighted by molar-refractivity contribution is 5.10. The molecule has 0 spiro atoms. The predicted octanol–water partition coefficient (Wildman–Crippen LogP) is 5.38. The quantitative estimate of drug-likeness (QED) is 0.727. The van der Waals surface area contributed by atoms with E-state index < -0.39 is 0 Å². The minimum atomic E-state index is 0.535. The Bertz CT molecular complexity index is 416. The molecular weight excluding hydrogens is 266 g/mol. The van der Waals surface area contributed by atoms with Gasteiger partial charge in [0, 0.05) is 0 Å². The zero-order valence-corrected chi connectivity index (χ0v) is 14.9. The van der Waals surface area contributed by atoms with Crippen molar-refractivity contribution >= 4 is 0 Å². The first-order valence-electron chi connectivity index (χ1n) is 10.4. The molecule has 0 amide bonds. The summed E-state index contributed by atoms with van der Waals surface area (Å²) in [6, 6.07) is 0. The van der Waals surface area contributed by atoms with Gasteiger partial charge in [-0.1, -0.05) is 33.1 Å². The van der Waals surface area contributed by atoms with Gasteiger partial charge in [-0.25, -0.2) is 0 Å². The van der Waals surface area contributed by atoms with E-state index in [1.54, 1.807) is 0 Å². The fourth-order valence-electron chi connectivity index (χ4n) is 8.25. The van der Waals surface area contributed by atoms with E-state index in [1.165, 1.54) is 70.6 Å². The van der Waals surface area contributed by atoms with Crippen LogP contribution >= 0.6 is 0 Å². The van der Waals surface area contributed by atoms with Crippen LogP contribution in [0.4, 0.5) is 0 Å². The number of hydrogen-bond acceptors (Lipinski definition) is 1. The summed E-state index contributed by atoms with van der Waals surface area (Å²) in [7, 11) is 0. The Hall–Kier alpha value is -0.0400. The van der Waals surface area contributed by atoms with Gasteiger partial charge < -0.3 is 5.73 Å². The third-order valence-electron chi connectivity index (χ3n) is 9.35. The van der Waals surface area contributed by atoms with E-state index >= 15 is 0 Å². The van der Waals surface area contributed by atoms with E-state index in [2.05, 4.69) is 13.8 Å². The molecule has 126 valence electrons. The van der Waals surface area contributed by atoms with Crippen LogP contribution in [0.1, 0.15) is 84.5 Å². The normalized spacial score (nSPS) is 54.4. The van der Waals surface area contributed by atoms with Gasteiger partial charge in [0.05, 0.1) is 0 Å². The average Bonchev–Trinajstić information content (AvgIpc) is 2.93. The Morgan fingerprint density at radius 1 is 0.909 bits per heavy atom. The van der Waals surface area contributed by atoms with Gasteiger partial charge in [-0.05, 0) is 98.3 Å². The summed E-state index contributed by atoms with van der Waals surface area (Å²) in [6.45, 7) is 6.07. The fraction of sp³-hybridized carbons (Fsp3) is 1.00. The van der Waals surface area contributed by atoms with Crippen LogP contribution in [0.15, 0.2) is 0 Å². The van der Waals surface area contributed by atoms with Crippen LogP contribution < -0.4 is 5.73 Å². The van der Waals surface area contributed by atoms with E-state index in [9.17, 15) is 0 Å². The minimum absolute atomic E-state index is 0.535. The van der Waals surface area contributed by atoms with Crippen LogP contribution in [0.2, 0.25) is 0 Å². The highest BCUT2D eigenvalue weighted by atomic mass is 14.7. The molecule has 1 nitrogen and oxygen atoms in total. The Morgan fingerprint density at radius 3 is 2.55 bits per heavy atom. The molecule has 0 aromatic rings. The standard InChI is InChI=1S/C21H37N/c1-3-15-8-10-19-17-9-7-16-6-4-5-12-20(16,2)18(17)11-13-21(15,19)14-22/h15-19H,3-14,22H2,1-2H3/t15-,16?,17+,18-,19-,20-,21-/m0/s1. The molecule has 4 rings (SSSR count). The van der Waals surface area contributed by atoms with Crippen LogP contribution in [-0.4, -0.2) is 6.54 Å². The molecule has 7 atom stereocenters. The Balaban J connectivity index is 1.64. The number of rotatable bonds is 2. The second-order valence-electron chi connectivity index (χ2n) is 9.56. The lowest BCUT2D eigenvalue weighted by atomic mass is 9.44. The number of nitrogens with two attached hydrogens (primary N) is 1. The lowest BCUT2D eigenvalue weighted by Crippen LogP contribution is -2.55. The zero-order chi connectivity index (χ0) is 15.4. The molecule has 0 heterocycles. The second-order valence-corrected chi connectivity index (χ2v) is 9.56. The monoisotopic (exact) mass is 303 g/mol. The van der Waals surface area contributed by atoms with Gasteiger partial charge in [0.25, 0.3) is 0 Å². The minimum Gasteiger partial charge on any atom is -0.330 e. The van der Waals surface area contributed by atoms with E-state index in [0.717, 1.165) is 36.1 Å². The fourth-order valence-corrected chi connectivity index (χ4v) is 8.25. The molecule has 1 unspecified atom stereocenters. The van der Waals surface area contributed by atoms with Crippen molar-refractivity contribution < 1.29 is 0 Å². The molecule has 0 aliphatic heterocycles. The van der Waals surface area contributed by atoms with Crippen molar-refractivity contribution in [1.82, 2.24) is 0 Å². The first-order valence-corrected chi connectivity index (χ1v) is 10.4. The van der Waals surface area contributed by atoms with E-state index in [-0.39, 0.29) is 0 Å². The lowest BCUT2D eigenvalue weighted by molar-refractivity contribution is -0.113. The molecular formula is C21H37N.